The van der Waals surface area contributed by atoms with Gasteiger partial charge >= 0.3 is 12.2 Å². The molecular formula is C26H26F5N5O. The van der Waals surface area contributed by atoms with Gasteiger partial charge in [0, 0.05) is 43.5 Å². The van der Waals surface area contributed by atoms with Gasteiger partial charge < -0.3 is 9.80 Å². The Morgan fingerprint density at radius 2 is 1.70 bits per heavy atom. The summed E-state index contributed by atoms with van der Waals surface area (Å²) in [6, 6.07) is 6.95. The monoisotopic (exact) mass is 519 g/mol. The second kappa shape index (κ2) is 9.35. The molecule has 1 aromatic heterocycles. The fourth-order valence-corrected chi connectivity index (χ4v) is 5.36. The lowest BCUT2D eigenvalue weighted by Gasteiger charge is -2.43. The van der Waals surface area contributed by atoms with E-state index in [0.29, 0.717) is 37.2 Å². The topological polar surface area (TPSA) is 44.6 Å². The van der Waals surface area contributed by atoms with Crippen molar-refractivity contribution in [2.75, 3.05) is 22.9 Å². The van der Waals surface area contributed by atoms with Crippen molar-refractivity contribution in [3.63, 3.8) is 0 Å². The SMILES string of the molecule is Cc1cccc(F)c1N1CCC(N2Cc3cn(C)nc3N(Cc3c(F)cccc3C(F)(F)F)C2=O)CC1. The zero-order chi connectivity index (χ0) is 26.5. The molecule has 0 radical (unpaired) electrons. The van der Waals surface area contributed by atoms with Crippen LogP contribution in [0, 0.1) is 18.6 Å². The number of hydrogen-bond donors (Lipinski definition) is 0. The highest BCUT2D eigenvalue weighted by Crippen LogP contribution is 2.37. The zero-order valence-corrected chi connectivity index (χ0v) is 20.4. The molecule has 3 aromatic rings. The maximum absolute atomic E-state index is 14.7. The predicted molar refractivity (Wildman–Crippen MR) is 128 cm³/mol. The van der Waals surface area contributed by atoms with Crippen LogP contribution in [0.2, 0.25) is 0 Å². The number of carbonyl (C=O) groups excluding carboxylic acids is 1. The number of piperidine rings is 1. The second-order valence-corrected chi connectivity index (χ2v) is 9.54. The molecular weight excluding hydrogens is 493 g/mol. The Balaban J connectivity index is 1.42. The van der Waals surface area contributed by atoms with E-state index in [0.717, 1.165) is 28.7 Å². The molecule has 5 rings (SSSR count). The van der Waals surface area contributed by atoms with Crippen LogP contribution in [0.15, 0.2) is 42.6 Å². The minimum absolute atomic E-state index is 0.214. The molecule has 37 heavy (non-hydrogen) atoms. The number of anilines is 2. The number of nitrogens with zero attached hydrogens (tertiary/aromatic N) is 5. The first-order valence-electron chi connectivity index (χ1n) is 12.0. The van der Waals surface area contributed by atoms with Crippen LogP contribution in [0.3, 0.4) is 0 Å². The highest BCUT2D eigenvalue weighted by molar-refractivity contribution is 5.94. The van der Waals surface area contributed by atoms with Crippen LogP contribution in [-0.2, 0) is 26.3 Å². The minimum Gasteiger partial charge on any atom is -0.369 e. The summed E-state index contributed by atoms with van der Waals surface area (Å²) in [5.74, 6) is -1.12. The van der Waals surface area contributed by atoms with Gasteiger partial charge in [0.2, 0.25) is 0 Å². The molecule has 2 amide bonds. The third-order valence-corrected chi connectivity index (χ3v) is 7.11. The van der Waals surface area contributed by atoms with Gasteiger partial charge in [0.15, 0.2) is 5.82 Å². The van der Waals surface area contributed by atoms with Crippen LogP contribution in [0.1, 0.15) is 35.1 Å². The van der Waals surface area contributed by atoms with E-state index in [1.165, 1.54) is 10.7 Å². The molecule has 196 valence electrons. The molecule has 1 saturated heterocycles. The molecule has 2 aliphatic heterocycles. The summed E-state index contributed by atoms with van der Waals surface area (Å²) in [5, 5.41) is 4.29. The summed E-state index contributed by atoms with van der Waals surface area (Å²) < 4.78 is 71.6. The van der Waals surface area contributed by atoms with Gasteiger partial charge in [0.05, 0.1) is 24.3 Å². The van der Waals surface area contributed by atoms with E-state index < -0.39 is 35.7 Å². The first-order valence-corrected chi connectivity index (χ1v) is 12.0. The first-order chi connectivity index (χ1) is 17.5. The second-order valence-electron chi connectivity index (χ2n) is 9.54. The number of hydrogen-bond acceptors (Lipinski definition) is 3. The van der Waals surface area contributed by atoms with Crippen molar-refractivity contribution in [3.8, 4) is 0 Å². The van der Waals surface area contributed by atoms with Gasteiger partial charge in [-0.15, -0.1) is 0 Å². The number of aryl methyl sites for hydroxylation is 2. The molecule has 3 heterocycles. The van der Waals surface area contributed by atoms with Crippen LogP contribution < -0.4 is 9.80 Å². The molecule has 6 nitrogen and oxygen atoms in total. The Morgan fingerprint density at radius 3 is 2.38 bits per heavy atom. The molecule has 0 bridgehead atoms. The number of para-hydroxylation sites is 1. The largest absolute Gasteiger partial charge is 0.416 e. The Labute approximate surface area is 210 Å². The summed E-state index contributed by atoms with van der Waals surface area (Å²) in [6.07, 6.45) is -1.96. The average molecular weight is 520 g/mol. The molecule has 11 heteroatoms. The lowest BCUT2D eigenvalue weighted by molar-refractivity contribution is -0.138. The molecule has 0 aliphatic carbocycles. The van der Waals surface area contributed by atoms with Crippen molar-refractivity contribution in [3.05, 3.63) is 76.5 Å². The van der Waals surface area contributed by atoms with E-state index in [4.69, 9.17) is 0 Å². The van der Waals surface area contributed by atoms with Crippen molar-refractivity contribution < 1.29 is 26.7 Å². The fraction of sp³-hybridized carbons (Fsp3) is 0.385. The number of rotatable bonds is 4. The maximum Gasteiger partial charge on any atom is 0.416 e. The lowest BCUT2D eigenvalue weighted by atomic mass is 9.99. The summed E-state index contributed by atoms with van der Waals surface area (Å²) in [7, 11) is 1.66. The molecule has 0 atom stereocenters. The molecule has 0 unspecified atom stereocenters. The third-order valence-electron chi connectivity index (χ3n) is 7.11. The lowest BCUT2D eigenvalue weighted by Crippen LogP contribution is -2.54. The Kier molecular flexibility index (Phi) is 6.33. The Bertz CT molecular complexity index is 1310. The quantitative estimate of drug-likeness (QED) is 0.420. The number of urea groups is 1. The number of carbonyl (C=O) groups is 1. The normalized spacial score (nSPS) is 16.9. The van der Waals surface area contributed by atoms with Crippen LogP contribution in [0.5, 0.6) is 0 Å². The maximum atomic E-state index is 14.7. The van der Waals surface area contributed by atoms with Gasteiger partial charge in [-0.3, -0.25) is 9.58 Å². The standard InChI is InChI=1S/C26H26F5N5O/c1-16-5-3-8-22(28)23(16)34-11-9-18(10-12-34)35-14-17-13-33(2)32-24(17)36(25(35)37)15-19-20(26(29,30)31)6-4-7-21(19)27/h3-8,13,18H,9-12,14-15H2,1-2H3. The van der Waals surface area contributed by atoms with Crippen molar-refractivity contribution in [2.24, 2.45) is 7.05 Å². The van der Waals surface area contributed by atoms with Gasteiger partial charge in [-0.05, 0) is 43.5 Å². The van der Waals surface area contributed by atoms with Crippen molar-refractivity contribution in [1.82, 2.24) is 14.7 Å². The molecule has 0 saturated carbocycles. The summed E-state index contributed by atoms with van der Waals surface area (Å²) in [4.78, 5) is 18.4. The van der Waals surface area contributed by atoms with Gasteiger partial charge in [-0.1, -0.05) is 18.2 Å². The summed E-state index contributed by atoms with van der Waals surface area (Å²) >= 11 is 0. The number of alkyl halides is 3. The highest BCUT2D eigenvalue weighted by atomic mass is 19.4. The van der Waals surface area contributed by atoms with Crippen molar-refractivity contribution in [2.45, 2.75) is 45.1 Å². The Hall–Kier alpha value is -3.63. The van der Waals surface area contributed by atoms with E-state index >= 15 is 0 Å². The van der Waals surface area contributed by atoms with E-state index in [-0.39, 0.29) is 24.2 Å². The van der Waals surface area contributed by atoms with Crippen LogP contribution in [0.4, 0.5) is 38.3 Å². The number of amides is 2. The van der Waals surface area contributed by atoms with Crippen LogP contribution in [-0.4, -0.2) is 39.8 Å². The molecule has 2 aromatic carbocycles. The smallest absolute Gasteiger partial charge is 0.369 e. The number of fused-ring (bicyclic) bond motifs is 1. The van der Waals surface area contributed by atoms with Gasteiger partial charge in [0.25, 0.3) is 0 Å². The zero-order valence-electron chi connectivity index (χ0n) is 20.4. The number of aromatic nitrogens is 2. The van der Waals surface area contributed by atoms with E-state index in [2.05, 4.69) is 5.10 Å². The van der Waals surface area contributed by atoms with Crippen molar-refractivity contribution in [1.29, 1.82) is 0 Å². The predicted octanol–water partition coefficient (Wildman–Crippen LogP) is 5.64. The van der Waals surface area contributed by atoms with Gasteiger partial charge in [-0.2, -0.15) is 18.3 Å². The summed E-state index contributed by atoms with van der Waals surface area (Å²) in [5.41, 5.74) is 0.305. The van der Waals surface area contributed by atoms with Gasteiger partial charge in [0.1, 0.15) is 11.6 Å². The van der Waals surface area contributed by atoms with Crippen LogP contribution >= 0.6 is 0 Å². The van der Waals surface area contributed by atoms with E-state index in [9.17, 15) is 26.7 Å². The highest BCUT2D eigenvalue weighted by Gasteiger charge is 2.41. The third kappa shape index (κ3) is 4.62. The molecule has 0 N–H and O–H groups in total. The van der Waals surface area contributed by atoms with E-state index in [1.54, 1.807) is 24.2 Å². The van der Waals surface area contributed by atoms with Gasteiger partial charge in [-0.25, -0.2) is 13.6 Å². The average Bonchev–Trinajstić information content (AvgIpc) is 3.21. The fourth-order valence-electron chi connectivity index (χ4n) is 5.36. The van der Waals surface area contributed by atoms with Crippen LogP contribution in [0.25, 0.3) is 0 Å². The summed E-state index contributed by atoms with van der Waals surface area (Å²) in [6.45, 7) is 2.52. The molecule has 1 fully saturated rings. The minimum atomic E-state index is -4.78. The number of halogens is 5. The Morgan fingerprint density at radius 1 is 1.03 bits per heavy atom. The first kappa shape index (κ1) is 25.0. The molecule has 2 aliphatic rings. The van der Waals surface area contributed by atoms with Crippen molar-refractivity contribution >= 4 is 17.5 Å². The molecule has 0 spiro atoms. The van der Waals surface area contributed by atoms with E-state index in [1.807, 2.05) is 17.9 Å². The number of benzene rings is 2.